The molecule has 0 unspecified atom stereocenters. The summed E-state index contributed by atoms with van der Waals surface area (Å²) in [6.45, 7) is 1.69. The first kappa shape index (κ1) is 14.1. The van der Waals surface area contributed by atoms with Gasteiger partial charge in [0.15, 0.2) is 5.58 Å². The van der Waals surface area contributed by atoms with E-state index in [1.807, 2.05) is 30.3 Å². The maximum Gasteiger partial charge on any atom is 0.298 e. The first-order valence-corrected chi connectivity index (χ1v) is 7.91. The average Bonchev–Trinajstić information content (AvgIpc) is 3.02. The molecule has 4 rings (SSSR count). The quantitative estimate of drug-likeness (QED) is 0.792. The Morgan fingerprint density at radius 1 is 1.04 bits per heavy atom. The Balaban J connectivity index is 1.41. The van der Waals surface area contributed by atoms with Gasteiger partial charge in [-0.05, 0) is 37.1 Å². The van der Waals surface area contributed by atoms with Gasteiger partial charge in [0.05, 0.1) is 5.69 Å². The number of piperidine rings is 1. The fourth-order valence-electron chi connectivity index (χ4n) is 3.01. The Kier molecular flexibility index (Phi) is 3.61. The number of hydrogen-bond acceptors (Lipinski definition) is 4. The zero-order chi connectivity index (χ0) is 15.6. The van der Waals surface area contributed by atoms with Gasteiger partial charge in [0.25, 0.3) is 6.01 Å². The molecule has 5 heteroatoms. The topological polar surface area (TPSA) is 41.3 Å². The number of rotatable bonds is 3. The Hall–Kier alpha value is -2.56. The molecule has 1 fully saturated rings. The van der Waals surface area contributed by atoms with Gasteiger partial charge in [-0.15, -0.1) is 0 Å². The average molecular weight is 311 g/mol. The molecule has 0 atom stereocenters. The largest absolute Gasteiger partial charge is 0.423 e. The number of nitrogens with one attached hydrogen (secondary N) is 1. The van der Waals surface area contributed by atoms with Gasteiger partial charge in [0, 0.05) is 19.1 Å². The highest BCUT2D eigenvalue weighted by Crippen LogP contribution is 2.25. The summed E-state index contributed by atoms with van der Waals surface area (Å²) in [5, 5.41) is 3.30. The van der Waals surface area contributed by atoms with E-state index in [0.29, 0.717) is 11.7 Å². The number of fused-ring (bicyclic) bond motifs is 1. The number of para-hydroxylation sites is 3. The van der Waals surface area contributed by atoms with Crippen LogP contribution in [-0.2, 0) is 0 Å². The van der Waals surface area contributed by atoms with Crippen LogP contribution in [0.1, 0.15) is 12.8 Å². The second kappa shape index (κ2) is 5.91. The normalized spacial score (nSPS) is 16.0. The van der Waals surface area contributed by atoms with E-state index in [1.165, 1.54) is 6.07 Å². The Morgan fingerprint density at radius 3 is 2.57 bits per heavy atom. The molecule has 1 aliphatic heterocycles. The van der Waals surface area contributed by atoms with Gasteiger partial charge in [-0.1, -0.05) is 24.3 Å². The fourth-order valence-corrected chi connectivity index (χ4v) is 3.01. The lowest BCUT2D eigenvalue weighted by Gasteiger charge is -2.31. The van der Waals surface area contributed by atoms with Crippen LogP contribution in [0.3, 0.4) is 0 Å². The van der Waals surface area contributed by atoms with Crippen LogP contribution in [0.5, 0.6) is 0 Å². The summed E-state index contributed by atoms with van der Waals surface area (Å²) in [6, 6.07) is 15.5. The molecule has 0 spiro atoms. The van der Waals surface area contributed by atoms with Gasteiger partial charge < -0.3 is 14.6 Å². The summed E-state index contributed by atoms with van der Waals surface area (Å²) >= 11 is 0. The maximum absolute atomic E-state index is 13.7. The van der Waals surface area contributed by atoms with Gasteiger partial charge >= 0.3 is 0 Å². The second-order valence-electron chi connectivity index (χ2n) is 5.85. The number of nitrogens with zero attached hydrogens (tertiary/aromatic N) is 2. The maximum atomic E-state index is 13.7. The number of benzene rings is 2. The highest BCUT2D eigenvalue weighted by molar-refractivity contribution is 5.74. The molecule has 118 valence electrons. The third-order valence-electron chi connectivity index (χ3n) is 4.28. The van der Waals surface area contributed by atoms with E-state index in [-0.39, 0.29) is 11.9 Å². The monoisotopic (exact) mass is 311 g/mol. The summed E-state index contributed by atoms with van der Waals surface area (Å²) < 4.78 is 19.5. The first-order chi connectivity index (χ1) is 11.3. The van der Waals surface area contributed by atoms with E-state index >= 15 is 0 Å². The second-order valence-corrected chi connectivity index (χ2v) is 5.85. The van der Waals surface area contributed by atoms with Crippen LogP contribution in [0.4, 0.5) is 16.1 Å². The molecule has 4 nitrogen and oxygen atoms in total. The van der Waals surface area contributed by atoms with E-state index < -0.39 is 0 Å². The van der Waals surface area contributed by atoms with E-state index in [2.05, 4.69) is 15.2 Å². The van der Waals surface area contributed by atoms with Crippen molar-refractivity contribution in [3.8, 4) is 0 Å². The predicted molar refractivity (Wildman–Crippen MR) is 89.3 cm³/mol. The Morgan fingerprint density at radius 2 is 1.78 bits per heavy atom. The molecule has 0 saturated carbocycles. The molecule has 0 amide bonds. The highest BCUT2D eigenvalue weighted by atomic mass is 19.1. The van der Waals surface area contributed by atoms with Crippen LogP contribution >= 0.6 is 0 Å². The molecule has 1 aromatic heterocycles. The lowest BCUT2D eigenvalue weighted by atomic mass is 10.0. The minimum atomic E-state index is -0.200. The van der Waals surface area contributed by atoms with Crippen molar-refractivity contribution < 1.29 is 8.81 Å². The number of aromatic nitrogens is 1. The van der Waals surface area contributed by atoms with E-state index in [4.69, 9.17) is 4.42 Å². The number of oxazole rings is 1. The van der Waals surface area contributed by atoms with Gasteiger partial charge in [-0.2, -0.15) is 4.98 Å². The predicted octanol–water partition coefficient (Wildman–Crippen LogP) is 4.05. The van der Waals surface area contributed by atoms with Crippen molar-refractivity contribution >= 4 is 22.8 Å². The van der Waals surface area contributed by atoms with Crippen LogP contribution in [0, 0.1) is 5.82 Å². The molecule has 0 bridgehead atoms. The van der Waals surface area contributed by atoms with Crippen LogP contribution in [0.15, 0.2) is 52.9 Å². The van der Waals surface area contributed by atoms with Crippen molar-refractivity contribution in [2.75, 3.05) is 23.3 Å². The molecule has 1 saturated heterocycles. The number of halogens is 1. The Labute approximate surface area is 133 Å². The smallest absolute Gasteiger partial charge is 0.298 e. The first-order valence-electron chi connectivity index (χ1n) is 7.91. The molecule has 1 aliphatic rings. The van der Waals surface area contributed by atoms with E-state index in [0.717, 1.165) is 37.0 Å². The van der Waals surface area contributed by atoms with Gasteiger partial charge in [0.1, 0.15) is 11.3 Å². The lowest BCUT2D eigenvalue weighted by molar-refractivity contribution is 0.480. The standard InChI is InChI=1S/C18H18FN3O/c19-14-5-1-2-6-15(14)20-13-9-11-22(12-10-13)18-21-16-7-3-4-8-17(16)23-18/h1-8,13,20H,9-12H2. The Bertz CT molecular complexity index is 776. The van der Waals surface area contributed by atoms with Gasteiger partial charge in [0.2, 0.25) is 0 Å². The van der Waals surface area contributed by atoms with Crippen LogP contribution in [-0.4, -0.2) is 24.1 Å². The molecule has 2 heterocycles. The SMILES string of the molecule is Fc1ccccc1NC1CCN(c2nc3ccccc3o2)CC1. The third-order valence-corrected chi connectivity index (χ3v) is 4.28. The van der Waals surface area contributed by atoms with Crippen LogP contribution in [0.25, 0.3) is 11.1 Å². The number of anilines is 2. The van der Waals surface area contributed by atoms with E-state index in [1.54, 1.807) is 12.1 Å². The summed E-state index contributed by atoms with van der Waals surface area (Å²) in [5.41, 5.74) is 2.27. The molecule has 0 aliphatic carbocycles. The van der Waals surface area contributed by atoms with Crippen molar-refractivity contribution in [1.29, 1.82) is 0 Å². The van der Waals surface area contributed by atoms with Crippen LogP contribution in [0.2, 0.25) is 0 Å². The zero-order valence-electron chi connectivity index (χ0n) is 12.7. The fraction of sp³-hybridized carbons (Fsp3) is 0.278. The lowest BCUT2D eigenvalue weighted by Crippen LogP contribution is -2.39. The summed E-state index contributed by atoms with van der Waals surface area (Å²) in [5.74, 6) is -0.200. The van der Waals surface area contributed by atoms with E-state index in [9.17, 15) is 4.39 Å². The van der Waals surface area contributed by atoms with Gasteiger partial charge in [-0.3, -0.25) is 0 Å². The zero-order valence-corrected chi connectivity index (χ0v) is 12.7. The van der Waals surface area contributed by atoms with Crippen LogP contribution < -0.4 is 10.2 Å². The molecular formula is C18H18FN3O. The molecule has 1 N–H and O–H groups in total. The molecular weight excluding hydrogens is 293 g/mol. The third kappa shape index (κ3) is 2.86. The summed E-state index contributed by atoms with van der Waals surface area (Å²) in [4.78, 5) is 6.69. The number of hydrogen-bond donors (Lipinski definition) is 1. The minimum Gasteiger partial charge on any atom is -0.423 e. The molecule has 2 aromatic carbocycles. The molecule has 0 radical (unpaired) electrons. The molecule has 3 aromatic rings. The minimum absolute atomic E-state index is 0.200. The van der Waals surface area contributed by atoms with Crippen molar-refractivity contribution in [3.63, 3.8) is 0 Å². The van der Waals surface area contributed by atoms with Crippen molar-refractivity contribution in [1.82, 2.24) is 4.98 Å². The van der Waals surface area contributed by atoms with Crippen molar-refractivity contribution in [2.24, 2.45) is 0 Å². The molecule has 23 heavy (non-hydrogen) atoms. The summed E-state index contributed by atoms with van der Waals surface area (Å²) in [7, 11) is 0. The van der Waals surface area contributed by atoms with Crippen molar-refractivity contribution in [3.05, 3.63) is 54.3 Å². The summed E-state index contributed by atoms with van der Waals surface area (Å²) in [6.07, 6.45) is 1.85. The van der Waals surface area contributed by atoms with Crippen molar-refractivity contribution in [2.45, 2.75) is 18.9 Å². The van der Waals surface area contributed by atoms with Gasteiger partial charge in [-0.25, -0.2) is 4.39 Å². The highest BCUT2D eigenvalue weighted by Gasteiger charge is 2.23.